The quantitative estimate of drug-likeness (QED) is 0.785. The Hall–Kier alpha value is -0.860. The lowest BCUT2D eigenvalue weighted by atomic mass is 10.0. The van der Waals surface area contributed by atoms with E-state index in [1.54, 1.807) is 0 Å². The summed E-state index contributed by atoms with van der Waals surface area (Å²) >= 11 is 0. The molecule has 1 aliphatic rings. The van der Waals surface area contributed by atoms with Crippen LogP contribution in [0.1, 0.15) is 29.5 Å². The maximum Gasteiger partial charge on any atom is 0.0208 e. The summed E-state index contributed by atoms with van der Waals surface area (Å²) in [5.41, 5.74) is 4.26. The van der Waals surface area contributed by atoms with Gasteiger partial charge in [-0.25, -0.2) is 0 Å². The van der Waals surface area contributed by atoms with Crippen molar-refractivity contribution in [1.82, 2.24) is 10.2 Å². The Morgan fingerprint density at radius 3 is 2.71 bits per heavy atom. The third-order valence-electron chi connectivity index (χ3n) is 3.84. The van der Waals surface area contributed by atoms with Crippen molar-refractivity contribution in [1.29, 1.82) is 0 Å². The van der Waals surface area contributed by atoms with Gasteiger partial charge in [-0.3, -0.25) is 0 Å². The van der Waals surface area contributed by atoms with E-state index in [1.165, 1.54) is 49.2 Å². The van der Waals surface area contributed by atoms with Crippen LogP contribution in [0, 0.1) is 13.8 Å². The zero-order valence-corrected chi connectivity index (χ0v) is 11.1. The lowest BCUT2D eigenvalue weighted by Crippen LogP contribution is -2.29. The molecule has 0 amide bonds. The molecule has 1 aromatic rings. The maximum atomic E-state index is 3.55. The molecule has 0 spiro atoms. The number of aryl methyl sites for hydroxylation is 1. The van der Waals surface area contributed by atoms with Crippen molar-refractivity contribution in [2.45, 2.75) is 33.2 Å². The molecule has 1 heterocycles. The molecule has 2 rings (SSSR count). The highest BCUT2D eigenvalue weighted by Gasteiger charge is 2.10. The fourth-order valence-electron chi connectivity index (χ4n) is 2.47. The van der Waals surface area contributed by atoms with Crippen molar-refractivity contribution in [3.63, 3.8) is 0 Å². The van der Waals surface area contributed by atoms with Crippen LogP contribution in [0.3, 0.4) is 0 Å². The lowest BCUT2D eigenvalue weighted by molar-refractivity contribution is 0.335. The molecule has 0 bridgehead atoms. The minimum Gasteiger partial charge on any atom is -0.311 e. The molecule has 1 fully saturated rings. The van der Waals surface area contributed by atoms with Crippen LogP contribution in [0.2, 0.25) is 0 Å². The summed E-state index contributed by atoms with van der Waals surface area (Å²) < 4.78 is 0. The van der Waals surface area contributed by atoms with E-state index in [2.05, 4.69) is 42.3 Å². The van der Waals surface area contributed by atoms with Gasteiger partial charge in [0.2, 0.25) is 0 Å². The van der Waals surface area contributed by atoms with E-state index < -0.39 is 0 Å². The number of likely N-dealkylation sites (tertiary alicyclic amines) is 1. The Bertz CT molecular complexity index is 354. The first-order chi connectivity index (χ1) is 8.27. The van der Waals surface area contributed by atoms with E-state index in [0.717, 1.165) is 13.1 Å². The van der Waals surface area contributed by atoms with Gasteiger partial charge in [0, 0.05) is 19.6 Å². The molecule has 0 aliphatic carbocycles. The summed E-state index contributed by atoms with van der Waals surface area (Å²) in [5, 5.41) is 3.55. The van der Waals surface area contributed by atoms with Crippen LogP contribution < -0.4 is 5.32 Å². The van der Waals surface area contributed by atoms with E-state index in [1.807, 2.05) is 0 Å². The third-order valence-corrected chi connectivity index (χ3v) is 3.84. The molecular weight excluding hydrogens is 208 g/mol. The lowest BCUT2D eigenvalue weighted by Gasteiger charge is -2.15. The van der Waals surface area contributed by atoms with E-state index in [0.29, 0.717) is 0 Å². The zero-order valence-electron chi connectivity index (χ0n) is 11.1. The molecule has 0 saturated carbocycles. The van der Waals surface area contributed by atoms with Gasteiger partial charge in [0.05, 0.1) is 0 Å². The number of hydrogen-bond donors (Lipinski definition) is 1. The molecule has 1 N–H and O–H groups in total. The Morgan fingerprint density at radius 1 is 1.18 bits per heavy atom. The molecule has 1 aromatic carbocycles. The van der Waals surface area contributed by atoms with Crippen LogP contribution in [0.15, 0.2) is 18.2 Å². The highest BCUT2D eigenvalue weighted by Crippen LogP contribution is 2.12. The van der Waals surface area contributed by atoms with E-state index >= 15 is 0 Å². The Kier molecular flexibility index (Phi) is 4.57. The molecule has 0 aromatic heterocycles. The summed E-state index contributed by atoms with van der Waals surface area (Å²) in [5.74, 6) is 0. The molecule has 94 valence electrons. The highest BCUT2D eigenvalue weighted by atomic mass is 15.1. The van der Waals surface area contributed by atoms with Gasteiger partial charge in [0.1, 0.15) is 0 Å². The van der Waals surface area contributed by atoms with Crippen LogP contribution in [0.25, 0.3) is 0 Å². The molecule has 2 nitrogen and oxygen atoms in total. The molecule has 0 radical (unpaired) electrons. The Balaban J connectivity index is 1.72. The van der Waals surface area contributed by atoms with Crippen LogP contribution in [-0.4, -0.2) is 31.1 Å². The van der Waals surface area contributed by atoms with E-state index in [9.17, 15) is 0 Å². The van der Waals surface area contributed by atoms with Crippen LogP contribution >= 0.6 is 0 Å². The monoisotopic (exact) mass is 232 g/mol. The summed E-state index contributed by atoms with van der Waals surface area (Å²) in [6, 6.07) is 6.56. The minimum atomic E-state index is 1.00. The van der Waals surface area contributed by atoms with E-state index in [4.69, 9.17) is 0 Å². The van der Waals surface area contributed by atoms with Crippen LogP contribution in [-0.2, 0) is 6.54 Å². The highest BCUT2D eigenvalue weighted by molar-refractivity contribution is 5.32. The van der Waals surface area contributed by atoms with Crippen molar-refractivity contribution in [2.75, 3.05) is 26.2 Å². The van der Waals surface area contributed by atoms with Crippen LogP contribution in [0.4, 0.5) is 0 Å². The smallest absolute Gasteiger partial charge is 0.0208 e. The fourth-order valence-corrected chi connectivity index (χ4v) is 2.47. The van der Waals surface area contributed by atoms with Crippen molar-refractivity contribution < 1.29 is 0 Å². The molecular formula is C15H24N2. The van der Waals surface area contributed by atoms with Gasteiger partial charge in [-0.2, -0.15) is 0 Å². The van der Waals surface area contributed by atoms with Gasteiger partial charge < -0.3 is 10.2 Å². The predicted molar refractivity (Wildman–Crippen MR) is 73.3 cm³/mol. The zero-order chi connectivity index (χ0) is 12.1. The normalized spacial score (nSPS) is 16.6. The number of benzene rings is 1. The van der Waals surface area contributed by atoms with Gasteiger partial charge in [0.25, 0.3) is 0 Å². The average Bonchev–Trinajstić information content (AvgIpc) is 2.83. The first kappa shape index (κ1) is 12.6. The summed E-state index contributed by atoms with van der Waals surface area (Å²) in [4.78, 5) is 2.55. The van der Waals surface area contributed by atoms with Gasteiger partial charge in [-0.1, -0.05) is 18.2 Å². The molecule has 17 heavy (non-hydrogen) atoms. The first-order valence-corrected chi connectivity index (χ1v) is 6.75. The number of rotatable bonds is 5. The van der Waals surface area contributed by atoms with Crippen LogP contribution in [0.5, 0.6) is 0 Å². The molecule has 1 aliphatic heterocycles. The minimum absolute atomic E-state index is 1.00. The molecule has 1 saturated heterocycles. The third kappa shape index (κ3) is 3.55. The second kappa shape index (κ2) is 6.18. The first-order valence-electron chi connectivity index (χ1n) is 6.75. The van der Waals surface area contributed by atoms with Gasteiger partial charge in [-0.05, 0) is 56.5 Å². The van der Waals surface area contributed by atoms with Gasteiger partial charge >= 0.3 is 0 Å². The SMILES string of the molecule is Cc1cccc(CNCCN2CCCC2)c1C. The van der Waals surface area contributed by atoms with Crippen molar-refractivity contribution in [3.05, 3.63) is 34.9 Å². The largest absolute Gasteiger partial charge is 0.311 e. The van der Waals surface area contributed by atoms with E-state index in [-0.39, 0.29) is 0 Å². The van der Waals surface area contributed by atoms with Gasteiger partial charge in [0.15, 0.2) is 0 Å². The number of hydrogen-bond acceptors (Lipinski definition) is 2. The number of nitrogens with zero attached hydrogens (tertiary/aromatic N) is 1. The van der Waals surface area contributed by atoms with Crippen molar-refractivity contribution >= 4 is 0 Å². The topological polar surface area (TPSA) is 15.3 Å². The van der Waals surface area contributed by atoms with Gasteiger partial charge in [-0.15, -0.1) is 0 Å². The standard InChI is InChI=1S/C15H24N2/c1-13-6-5-7-15(14(13)2)12-16-8-11-17-9-3-4-10-17/h5-7,16H,3-4,8-12H2,1-2H3. The number of nitrogens with one attached hydrogen (secondary N) is 1. The van der Waals surface area contributed by atoms with Crippen molar-refractivity contribution in [2.24, 2.45) is 0 Å². The average molecular weight is 232 g/mol. The summed E-state index contributed by atoms with van der Waals surface area (Å²) in [7, 11) is 0. The predicted octanol–water partition coefficient (Wildman–Crippen LogP) is 2.49. The molecule has 2 heteroatoms. The second-order valence-corrected chi connectivity index (χ2v) is 5.08. The summed E-state index contributed by atoms with van der Waals surface area (Å²) in [6.45, 7) is 10.3. The summed E-state index contributed by atoms with van der Waals surface area (Å²) in [6.07, 6.45) is 2.77. The second-order valence-electron chi connectivity index (χ2n) is 5.08. The van der Waals surface area contributed by atoms with Crippen molar-refractivity contribution in [3.8, 4) is 0 Å². The maximum absolute atomic E-state index is 3.55. The molecule has 0 unspecified atom stereocenters. The Morgan fingerprint density at radius 2 is 1.94 bits per heavy atom. The Labute approximate surface area is 105 Å². The fraction of sp³-hybridized carbons (Fsp3) is 0.600. The molecule has 0 atom stereocenters.